The average molecular weight is 335 g/mol. The Morgan fingerprint density at radius 1 is 0.900 bits per heavy atom. The molecule has 2 rings (SSSR count). The highest BCUT2D eigenvalue weighted by atomic mass is 79.9. The summed E-state index contributed by atoms with van der Waals surface area (Å²) in [5.74, 6) is 0. The van der Waals surface area contributed by atoms with Crippen LogP contribution in [0.4, 0.5) is 0 Å². The van der Waals surface area contributed by atoms with E-state index in [1.54, 1.807) is 0 Å². The number of hydrogen-bond acceptors (Lipinski definition) is 2. The molecule has 2 aromatic rings. The van der Waals surface area contributed by atoms with Crippen LogP contribution in [0.15, 0.2) is 40.9 Å². The smallest absolute Gasteiger partial charge is 0.405 e. The van der Waals surface area contributed by atoms with Gasteiger partial charge in [-0.1, -0.05) is 46.3 Å². The Balaban J connectivity index is 2.52. The minimum Gasteiger partial charge on any atom is -0.405 e. The fourth-order valence-electron chi connectivity index (χ4n) is 2.19. The molecule has 0 fully saturated rings. The van der Waals surface area contributed by atoms with E-state index in [1.807, 2.05) is 45.9 Å². The molecule has 2 aromatic carbocycles. The van der Waals surface area contributed by atoms with Crippen molar-refractivity contribution in [1.82, 2.24) is 0 Å². The van der Waals surface area contributed by atoms with Crippen molar-refractivity contribution in [3.63, 3.8) is 0 Å². The Kier molecular flexibility index (Phi) is 5.25. The molecule has 0 N–H and O–H groups in total. The minimum absolute atomic E-state index is 0.108. The largest absolute Gasteiger partial charge is 0.494 e. The molecular formula is C16H20BBrO2. The van der Waals surface area contributed by atoms with Crippen molar-refractivity contribution in [3.8, 4) is 0 Å². The Bertz CT molecular complexity index is 568. The topological polar surface area (TPSA) is 18.5 Å². The maximum Gasteiger partial charge on any atom is 0.494 e. The summed E-state index contributed by atoms with van der Waals surface area (Å²) in [6.07, 6.45) is 0.216. The summed E-state index contributed by atoms with van der Waals surface area (Å²) in [4.78, 5) is 0. The highest BCUT2D eigenvalue weighted by molar-refractivity contribution is 9.10. The maximum atomic E-state index is 5.97. The van der Waals surface area contributed by atoms with Crippen molar-refractivity contribution in [2.75, 3.05) is 0 Å². The van der Waals surface area contributed by atoms with Crippen molar-refractivity contribution in [2.24, 2.45) is 0 Å². The van der Waals surface area contributed by atoms with Crippen molar-refractivity contribution >= 4 is 39.3 Å². The fraction of sp³-hybridized carbons (Fsp3) is 0.375. The highest BCUT2D eigenvalue weighted by Crippen LogP contribution is 2.23. The second kappa shape index (κ2) is 6.75. The van der Waals surface area contributed by atoms with E-state index in [0.29, 0.717) is 0 Å². The second-order valence-corrected chi connectivity index (χ2v) is 6.24. The number of fused-ring (bicyclic) bond motifs is 1. The summed E-state index contributed by atoms with van der Waals surface area (Å²) in [6.45, 7) is 8.10. The zero-order valence-corrected chi connectivity index (χ0v) is 14.0. The Morgan fingerprint density at radius 3 is 2.00 bits per heavy atom. The minimum atomic E-state index is -0.350. The van der Waals surface area contributed by atoms with Crippen LogP contribution in [0.1, 0.15) is 27.7 Å². The molecule has 0 radical (unpaired) electrons. The summed E-state index contributed by atoms with van der Waals surface area (Å²) in [7, 11) is -0.350. The van der Waals surface area contributed by atoms with Gasteiger partial charge >= 0.3 is 7.12 Å². The van der Waals surface area contributed by atoms with E-state index in [1.165, 1.54) is 5.39 Å². The van der Waals surface area contributed by atoms with Crippen molar-refractivity contribution in [2.45, 2.75) is 39.9 Å². The van der Waals surface area contributed by atoms with E-state index in [-0.39, 0.29) is 19.3 Å². The maximum absolute atomic E-state index is 5.97. The molecule has 0 amide bonds. The Labute approximate surface area is 129 Å². The van der Waals surface area contributed by atoms with E-state index in [2.05, 4.69) is 34.1 Å². The molecule has 0 aliphatic carbocycles. The molecule has 20 heavy (non-hydrogen) atoms. The molecule has 0 heterocycles. The predicted molar refractivity (Wildman–Crippen MR) is 89.5 cm³/mol. The van der Waals surface area contributed by atoms with Gasteiger partial charge in [-0.05, 0) is 50.0 Å². The van der Waals surface area contributed by atoms with Crippen LogP contribution in [0.3, 0.4) is 0 Å². The molecule has 0 saturated carbocycles. The summed E-state index contributed by atoms with van der Waals surface area (Å²) in [6, 6.07) is 12.4. The molecule has 4 heteroatoms. The van der Waals surface area contributed by atoms with E-state index >= 15 is 0 Å². The first-order valence-electron chi connectivity index (χ1n) is 6.97. The fourth-order valence-corrected chi connectivity index (χ4v) is 2.80. The summed E-state index contributed by atoms with van der Waals surface area (Å²) < 4.78 is 13.0. The second-order valence-electron chi connectivity index (χ2n) is 5.39. The van der Waals surface area contributed by atoms with Gasteiger partial charge in [0.2, 0.25) is 0 Å². The predicted octanol–water partition coefficient (Wildman–Crippen LogP) is 4.15. The van der Waals surface area contributed by atoms with Gasteiger partial charge in [-0.15, -0.1) is 0 Å². The van der Waals surface area contributed by atoms with Gasteiger partial charge < -0.3 is 9.31 Å². The van der Waals surface area contributed by atoms with Crippen molar-refractivity contribution in [3.05, 3.63) is 40.9 Å². The third kappa shape index (κ3) is 3.63. The molecule has 0 aromatic heterocycles. The highest BCUT2D eigenvalue weighted by Gasteiger charge is 2.26. The quantitative estimate of drug-likeness (QED) is 0.765. The van der Waals surface area contributed by atoms with Gasteiger partial charge in [0.25, 0.3) is 0 Å². The molecule has 0 bridgehead atoms. The lowest BCUT2D eigenvalue weighted by Crippen LogP contribution is -2.41. The van der Waals surface area contributed by atoms with Crippen LogP contribution in [0.25, 0.3) is 10.8 Å². The number of benzene rings is 2. The van der Waals surface area contributed by atoms with Gasteiger partial charge in [-0.2, -0.15) is 0 Å². The van der Waals surface area contributed by atoms with E-state index < -0.39 is 0 Å². The molecule has 106 valence electrons. The van der Waals surface area contributed by atoms with Crippen LogP contribution in [0.2, 0.25) is 0 Å². The van der Waals surface area contributed by atoms with Gasteiger partial charge in [0.15, 0.2) is 0 Å². The summed E-state index contributed by atoms with van der Waals surface area (Å²) in [5.41, 5.74) is 1.07. The van der Waals surface area contributed by atoms with Gasteiger partial charge in [0.05, 0.1) is 0 Å². The molecule has 2 nitrogen and oxygen atoms in total. The Hall–Kier alpha value is -0.835. The molecule has 0 saturated heterocycles. The molecular weight excluding hydrogens is 315 g/mol. The van der Waals surface area contributed by atoms with Crippen LogP contribution in [0.5, 0.6) is 0 Å². The van der Waals surface area contributed by atoms with Gasteiger partial charge in [0, 0.05) is 16.7 Å². The number of hydrogen-bond donors (Lipinski definition) is 0. The lowest BCUT2D eigenvalue weighted by atomic mass is 9.75. The van der Waals surface area contributed by atoms with E-state index in [9.17, 15) is 0 Å². The monoisotopic (exact) mass is 334 g/mol. The lowest BCUT2D eigenvalue weighted by Gasteiger charge is -2.21. The zero-order chi connectivity index (χ0) is 14.7. The Morgan fingerprint density at radius 2 is 1.45 bits per heavy atom. The molecule has 0 spiro atoms. The van der Waals surface area contributed by atoms with E-state index in [0.717, 1.165) is 15.3 Å². The van der Waals surface area contributed by atoms with Crippen LogP contribution < -0.4 is 5.46 Å². The summed E-state index contributed by atoms with van der Waals surface area (Å²) >= 11 is 3.64. The van der Waals surface area contributed by atoms with Crippen LogP contribution >= 0.6 is 15.9 Å². The first kappa shape index (κ1) is 15.6. The molecule has 0 unspecified atom stereocenters. The lowest BCUT2D eigenvalue weighted by molar-refractivity contribution is 0.139. The summed E-state index contributed by atoms with van der Waals surface area (Å²) in [5, 5.41) is 2.34. The van der Waals surface area contributed by atoms with Crippen LogP contribution in [-0.4, -0.2) is 19.3 Å². The number of halogens is 1. The normalized spacial score (nSPS) is 11.6. The third-order valence-electron chi connectivity index (χ3n) is 2.93. The molecule has 0 aliphatic heterocycles. The number of rotatable bonds is 5. The van der Waals surface area contributed by atoms with Crippen LogP contribution in [0, 0.1) is 0 Å². The third-order valence-corrected chi connectivity index (χ3v) is 3.59. The van der Waals surface area contributed by atoms with Gasteiger partial charge in [-0.3, -0.25) is 0 Å². The first-order valence-corrected chi connectivity index (χ1v) is 7.76. The average Bonchev–Trinajstić information content (AvgIpc) is 2.36. The molecule has 0 aliphatic rings. The molecule has 0 atom stereocenters. The van der Waals surface area contributed by atoms with Crippen molar-refractivity contribution < 1.29 is 9.31 Å². The van der Waals surface area contributed by atoms with E-state index in [4.69, 9.17) is 9.31 Å². The van der Waals surface area contributed by atoms with Gasteiger partial charge in [0.1, 0.15) is 0 Å². The van der Waals surface area contributed by atoms with Crippen molar-refractivity contribution in [1.29, 1.82) is 0 Å². The zero-order valence-electron chi connectivity index (χ0n) is 12.4. The van der Waals surface area contributed by atoms with Gasteiger partial charge in [-0.25, -0.2) is 0 Å². The van der Waals surface area contributed by atoms with Crippen LogP contribution in [-0.2, 0) is 9.31 Å². The SMILES string of the molecule is CC(C)OB(OC(C)C)c1cccc2cccc(Br)c12. The first-order chi connectivity index (χ1) is 9.49. The standard InChI is InChI=1S/C16H20BBrO2/c1-11(2)19-17(20-12(3)4)14-9-5-7-13-8-6-10-15(18)16(13)14/h5-12H,1-4H3.